The molecule has 0 heterocycles. The van der Waals surface area contributed by atoms with Gasteiger partial charge in [0.05, 0.1) is 26.4 Å². The summed E-state index contributed by atoms with van der Waals surface area (Å²) in [5, 5.41) is 5.19. The zero-order chi connectivity index (χ0) is 18.6. The van der Waals surface area contributed by atoms with Crippen LogP contribution in [0, 0.1) is 0 Å². The second-order valence-corrected chi connectivity index (χ2v) is 4.44. The van der Waals surface area contributed by atoms with Crippen molar-refractivity contribution in [3.8, 4) is 0 Å². The number of Topliss-reactive ketones (excluding diaryl/α,β-unsaturated/α-hetero) is 1. The monoisotopic (exact) mass is 348 g/mol. The number of ether oxygens (including phenoxy) is 3. The molecule has 0 aromatic carbocycles. The SMILES string of the molecule is CC.CCC(=O)COCCOCCNC(=O)COCCNC(C)=O. The third kappa shape index (κ3) is 20.5. The summed E-state index contributed by atoms with van der Waals surface area (Å²) >= 11 is 0. The van der Waals surface area contributed by atoms with Gasteiger partial charge in [-0.25, -0.2) is 0 Å². The van der Waals surface area contributed by atoms with Crippen molar-refractivity contribution in [1.82, 2.24) is 10.6 Å². The molecule has 0 saturated heterocycles. The second kappa shape index (κ2) is 19.5. The summed E-state index contributed by atoms with van der Waals surface area (Å²) in [5.41, 5.74) is 0. The third-order valence-corrected chi connectivity index (χ3v) is 2.45. The lowest BCUT2D eigenvalue weighted by Crippen LogP contribution is -2.32. The average molecular weight is 348 g/mol. The number of hydrogen-bond acceptors (Lipinski definition) is 6. The molecule has 0 bridgehead atoms. The zero-order valence-corrected chi connectivity index (χ0v) is 15.3. The lowest BCUT2D eigenvalue weighted by atomic mass is 10.3. The molecule has 0 aromatic rings. The molecular formula is C16H32N2O6. The van der Waals surface area contributed by atoms with Gasteiger partial charge in [-0.3, -0.25) is 14.4 Å². The van der Waals surface area contributed by atoms with Crippen molar-refractivity contribution in [2.75, 3.05) is 52.7 Å². The quantitative estimate of drug-likeness (QED) is 0.438. The van der Waals surface area contributed by atoms with E-state index in [0.29, 0.717) is 39.3 Å². The summed E-state index contributed by atoms with van der Waals surface area (Å²) in [6.45, 7) is 9.40. The van der Waals surface area contributed by atoms with Crippen molar-refractivity contribution in [3.05, 3.63) is 0 Å². The van der Waals surface area contributed by atoms with Crippen LogP contribution in [0.5, 0.6) is 0 Å². The molecule has 2 N–H and O–H groups in total. The summed E-state index contributed by atoms with van der Waals surface area (Å²) in [5.74, 6) is -0.310. The predicted octanol–water partition coefficient (Wildman–Crippen LogP) is 0.294. The Morgan fingerprint density at radius 1 is 0.792 bits per heavy atom. The van der Waals surface area contributed by atoms with Crippen LogP contribution >= 0.6 is 0 Å². The van der Waals surface area contributed by atoms with Crippen molar-refractivity contribution in [2.24, 2.45) is 0 Å². The number of carbonyl (C=O) groups is 3. The molecular weight excluding hydrogens is 316 g/mol. The van der Waals surface area contributed by atoms with Crippen LogP contribution in [0.2, 0.25) is 0 Å². The molecule has 0 rings (SSSR count). The largest absolute Gasteiger partial charge is 0.377 e. The predicted molar refractivity (Wildman–Crippen MR) is 90.8 cm³/mol. The van der Waals surface area contributed by atoms with E-state index in [1.807, 2.05) is 13.8 Å². The van der Waals surface area contributed by atoms with E-state index in [4.69, 9.17) is 14.2 Å². The highest BCUT2D eigenvalue weighted by Crippen LogP contribution is 1.84. The van der Waals surface area contributed by atoms with Gasteiger partial charge in [0.1, 0.15) is 13.2 Å². The first-order valence-electron chi connectivity index (χ1n) is 8.32. The summed E-state index contributed by atoms with van der Waals surface area (Å²) in [7, 11) is 0. The molecule has 8 heteroatoms. The van der Waals surface area contributed by atoms with E-state index in [9.17, 15) is 14.4 Å². The minimum atomic E-state index is -0.240. The maximum atomic E-state index is 11.3. The van der Waals surface area contributed by atoms with Gasteiger partial charge in [-0.15, -0.1) is 0 Å². The highest BCUT2D eigenvalue weighted by Gasteiger charge is 2.01. The van der Waals surface area contributed by atoms with Crippen molar-refractivity contribution in [2.45, 2.75) is 34.1 Å². The number of ketones is 1. The molecule has 0 spiro atoms. The molecule has 0 radical (unpaired) electrons. The Bertz CT molecular complexity index is 337. The number of amides is 2. The third-order valence-electron chi connectivity index (χ3n) is 2.45. The van der Waals surface area contributed by atoms with Crippen LogP contribution in [0.15, 0.2) is 0 Å². The standard InChI is InChI=1S/C14H26N2O6.C2H6/c1-3-13(18)10-22-9-8-20-6-5-16-14(19)11-21-7-4-15-12(2)17;1-2/h3-11H2,1-2H3,(H,15,17)(H,16,19);1-2H3. The van der Waals surface area contributed by atoms with Gasteiger partial charge >= 0.3 is 0 Å². The first kappa shape index (κ1) is 24.7. The van der Waals surface area contributed by atoms with Gasteiger partial charge in [0.2, 0.25) is 11.8 Å². The number of rotatable bonds is 14. The number of nitrogens with one attached hydrogen (secondary N) is 2. The van der Waals surface area contributed by atoms with E-state index in [-0.39, 0.29) is 37.4 Å². The summed E-state index contributed by atoms with van der Waals surface area (Å²) in [4.78, 5) is 32.9. The van der Waals surface area contributed by atoms with Crippen LogP contribution in [0.1, 0.15) is 34.1 Å². The van der Waals surface area contributed by atoms with Gasteiger partial charge < -0.3 is 24.8 Å². The minimum Gasteiger partial charge on any atom is -0.377 e. The Hall–Kier alpha value is -1.51. The van der Waals surface area contributed by atoms with Crippen LogP contribution in [-0.4, -0.2) is 70.3 Å². The molecule has 142 valence electrons. The molecule has 0 unspecified atom stereocenters. The van der Waals surface area contributed by atoms with E-state index in [1.54, 1.807) is 6.92 Å². The Kier molecular flexibility index (Phi) is 20.1. The Morgan fingerprint density at radius 2 is 1.33 bits per heavy atom. The first-order valence-corrected chi connectivity index (χ1v) is 8.32. The fourth-order valence-electron chi connectivity index (χ4n) is 1.29. The average Bonchev–Trinajstić information content (AvgIpc) is 2.58. The maximum absolute atomic E-state index is 11.3. The highest BCUT2D eigenvalue weighted by molar-refractivity contribution is 5.79. The van der Waals surface area contributed by atoms with E-state index >= 15 is 0 Å². The second-order valence-electron chi connectivity index (χ2n) is 4.44. The Labute approximate surface area is 144 Å². The van der Waals surface area contributed by atoms with Crippen molar-refractivity contribution < 1.29 is 28.6 Å². The molecule has 0 fully saturated rings. The van der Waals surface area contributed by atoms with Crippen LogP contribution in [0.4, 0.5) is 0 Å². The van der Waals surface area contributed by atoms with Gasteiger partial charge in [-0.1, -0.05) is 20.8 Å². The maximum Gasteiger partial charge on any atom is 0.246 e. The minimum absolute atomic E-state index is 0.0537. The smallest absolute Gasteiger partial charge is 0.246 e. The van der Waals surface area contributed by atoms with Crippen molar-refractivity contribution in [3.63, 3.8) is 0 Å². The van der Waals surface area contributed by atoms with Gasteiger partial charge in [-0.2, -0.15) is 0 Å². The van der Waals surface area contributed by atoms with Crippen LogP contribution in [0.25, 0.3) is 0 Å². The van der Waals surface area contributed by atoms with E-state index in [0.717, 1.165) is 0 Å². The molecule has 8 nitrogen and oxygen atoms in total. The van der Waals surface area contributed by atoms with Crippen molar-refractivity contribution in [1.29, 1.82) is 0 Å². The van der Waals surface area contributed by atoms with Crippen LogP contribution in [-0.2, 0) is 28.6 Å². The number of hydrogen-bond donors (Lipinski definition) is 2. The topological polar surface area (TPSA) is 103 Å². The molecule has 0 aliphatic rings. The van der Waals surface area contributed by atoms with Gasteiger partial charge in [-0.05, 0) is 0 Å². The lowest BCUT2D eigenvalue weighted by molar-refractivity contribution is -0.126. The van der Waals surface area contributed by atoms with E-state index in [1.165, 1.54) is 6.92 Å². The molecule has 0 aliphatic carbocycles. The van der Waals surface area contributed by atoms with Crippen LogP contribution in [0.3, 0.4) is 0 Å². The molecule has 0 saturated carbocycles. The normalized spacial score (nSPS) is 9.67. The summed E-state index contributed by atoms with van der Waals surface area (Å²) in [6, 6.07) is 0. The highest BCUT2D eigenvalue weighted by atomic mass is 16.5. The van der Waals surface area contributed by atoms with Gasteiger partial charge in [0.15, 0.2) is 5.78 Å². The molecule has 0 aliphatic heterocycles. The Morgan fingerprint density at radius 3 is 1.96 bits per heavy atom. The van der Waals surface area contributed by atoms with Gasteiger partial charge in [0, 0.05) is 26.4 Å². The van der Waals surface area contributed by atoms with Gasteiger partial charge in [0.25, 0.3) is 0 Å². The molecule has 2 amide bonds. The van der Waals surface area contributed by atoms with Crippen molar-refractivity contribution >= 4 is 17.6 Å². The van der Waals surface area contributed by atoms with E-state index in [2.05, 4.69) is 10.6 Å². The van der Waals surface area contributed by atoms with E-state index < -0.39 is 0 Å². The molecule has 0 atom stereocenters. The Balaban J connectivity index is 0. The fourth-order valence-corrected chi connectivity index (χ4v) is 1.29. The first-order chi connectivity index (χ1) is 11.6. The molecule has 24 heavy (non-hydrogen) atoms. The fraction of sp³-hybridized carbons (Fsp3) is 0.812. The number of carbonyl (C=O) groups excluding carboxylic acids is 3. The lowest BCUT2D eigenvalue weighted by Gasteiger charge is -2.07. The molecule has 0 aromatic heterocycles. The zero-order valence-electron chi connectivity index (χ0n) is 15.3. The van der Waals surface area contributed by atoms with Crippen LogP contribution < -0.4 is 10.6 Å². The summed E-state index contributed by atoms with van der Waals surface area (Å²) < 4.78 is 15.4. The summed E-state index contributed by atoms with van der Waals surface area (Å²) in [6.07, 6.45) is 0.472.